The Labute approximate surface area is 140 Å². The Hall–Kier alpha value is -2.66. The van der Waals surface area contributed by atoms with Crippen molar-refractivity contribution in [3.63, 3.8) is 0 Å². The van der Waals surface area contributed by atoms with Gasteiger partial charge in [-0.15, -0.1) is 0 Å². The molecule has 2 rings (SSSR count). The fourth-order valence-electron chi connectivity index (χ4n) is 2.88. The van der Waals surface area contributed by atoms with E-state index < -0.39 is 17.1 Å². The predicted molar refractivity (Wildman–Crippen MR) is 85.8 cm³/mol. The summed E-state index contributed by atoms with van der Waals surface area (Å²) in [4.78, 5) is 14.1. The summed E-state index contributed by atoms with van der Waals surface area (Å²) in [6.45, 7) is 3.57. The normalized spacial score (nSPS) is 19.2. The number of nitrogens with one attached hydrogen (secondary N) is 1. The molecule has 0 bridgehead atoms. The van der Waals surface area contributed by atoms with Crippen molar-refractivity contribution in [1.29, 1.82) is 5.26 Å². The number of carbonyl (C=O) groups is 1. The van der Waals surface area contributed by atoms with Gasteiger partial charge >= 0.3 is 5.97 Å². The number of quaternary nitrogens is 1. The molecule has 24 heavy (non-hydrogen) atoms. The van der Waals surface area contributed by atoms with Crippen LogP contribution in [0.2, 0.25) is 0 Å². The minimum atomic E-state index is -1.07. The molecule has 1 unspecified atom stereocenters. The highest BCUT2D eigenvalue weighted by Crippen LogP contribution is 2.41. The molecule has 0 saturated carbocycles. The van der Waals surface area contributed by atoms with Crippen LogP contribution in [0.5, 0.6) is 0 Å². The Balaban J connectivity index is 2.72. The number of carbonyl (C=O) groups excluding carboxylic acids is 1. The average Bonchev–Trinajstić information content (AvgIpc) is 2.58. The predicted octanol–water partition coefficient (Wildman–Crippen LogP) is 1.36. The van der Waals surface area contributed by atoms with Crippen molar-refractivity contribution in [1.82, 2.24) is 4.90 Å². The Bertz CT molecular complexity index is 774. The molecule has 0 fully saturated rings. The van der Waals surface area contributed by atoms with Crippen molar-refractivity contribution in [2.75, 3.05) is 14.2 Å². The van der Waals surface area contributed by atoms with Gasteiger partial charge in [0.25, 0.3) is 0 Å². The van der Waals surface area contributed by atoms with Gasteiger partial charge < -0.3 is 14.8 Å². The first-order valence-corrected chi connectivity index (χ1v) is 7.30. The van der Waals surface area contributed by atoms with Gasteiger partial charge in [0.15, 0.2) is 5.69 Å². The Kier molecular flexibility index (Phi) is 5.04. The van der Waals surface area contributed by atoms with E-state index in [0.29, 0.717) is 28.1 Å². The van der Waals surface area contributed by atoms with Crippen molar-refractivity contribution < 1.29 is 20.0 Å². The largest absolute Gasteiger partial charge is 0.595 e. The number of ether oxygens (including phenoxy) is 1. The van der Waals surface area contributed by atoms with E-state index in [4.69, 9.17) is 4.74 Å². The zero-order valence-corrected chi connectivity index (χ0v) is 14.0. The average molecular weight is 329 g/mol. The van der Waals surface area contributed by atoms with Gasteiger partial charge in [0.1, 0.15) is 0 Å². The zero-order chi connectivity index (χ0) is 18.0. The molecule has 0 aliphatic carbocycles. The van der Waals surface area contributed by atoms with Crippen LogP contribution in [0.15, 0.2) is 46.8 Å². The molecule has 1 aromatic carbocycles. The van der Waals surface area contributed by atoms with E-state index in [1.165, 1.54) is 19.2 Å². The first kappa shape index (κ1) is 17.7. The number of nitriles is 1. The lowest BCUT2D eigenvalue weighted by Gasteiger charge is -2.34. The smallest absolute Gasteiger partial charge is 0.336 e. The summed E-state index contributed by atoms with van der Waals surface area (Å²) in [5.74, 6) is -1.19. The minimum absolute atomic E-state index is 0.100. The van der Waals surface area contributed by atoms with Crippen LogP contribution in [0.3, 0.4) is 0 Å². The lowest BCUT2D eigenvalue weighted by molar-refractivity contribution is -0.991. The summed E-state index contributed by atoms with van der Waals surface area (Å²) in [5, 5.41) is 29.0. The number of nitrogens with zero attached hydrogens (tertiary/aromatic N) is 2. The van der Waals surface area contributed by atoms with Gasteiger partial charge in [-0.3, -0.25) is 0 Å². The molecule has 2 N–H and O–H groups in total. The molecule has 126 valence electrons. The second-order valence-corrected chi connectivity index (χ2v) is 5.52. The van der Waals surface area contributed by atoms with Gasteiger partial charge in [-0.1, -0.05) is 12.1 Å². The van der Waals surface area contributed by atoms with Gasteiger partial charge in [-0.05, 0) is 19.4 Å². The second kappa shape index (κ2) is 6.84. The number of esters is 1. The maximum atomic E-state index is 12.3. The van der Waals surface area contributed by atoms with E-state index in [9.17, 15) is 20.5 Å². The molecular formula is C17H19N3O4. The Morgan fingerprint density at radius 1 is 1.42 bits per heavy atom. The Morgan fingerprint density at radius 2 is 2.08 bits per heavy atom. The quantitative estimate of drug-likeness (QED) is 0.641. The first-order valence-electron chi connectivity index (χ1n) is 7.30. The molecule has 0 aromatic heterocycles. The highest BCUT2D eigenvalue weighted by atomic mass is 16.8. The van der Waals surface area contributed by atoms with Gasteiger partial charge in [-0.2, -0.15) is 10.5 Å². The third-order valence-electron chi connectivity index (χ3n) is 4.36. The molecule has 1 heterocycles. The minimum Gasteiger partial charge on any atom is -0.595 e. The maximum Gasteiger partial charge on any atom is 0.336 e. The van der Waals surface area contributed by atoms with Crippen LogP contribution < -0.4 is 5.23 Å². The van der Waals surface area contributed by atoms with Crippen LogP contribution in [0.4, 0.5) is 5.69 Å². The fourth-order valence-corrected chi connectivity index (χ4v) is 2.88. The number of rotatable bonds is 3. The molecular weight excluding hydrogens is 310 g/mol. The standard InChI is InChI=1S/C17H19N3O4/c1-10-14(9-18)16(12-6-5-7-13(8-12)20(22)23)15(17(21)24-4)11(2)19(10)3/h5-8,16,20,22H,1-4H3/t16-/m0/s1. The number of allylic oxidation sites excluding steroid dienone is 3. The van der Waals surface area contributed by atoms with E-state index in [-0.39, 0.29) is 5.69 Å². The lowest BCUT2D eigenvalue weighted by atomic mass is 9.80. The fraction of sp³-hybridized carbons (Fsp3) is 0.294. The van der Waals surface area contributed by atoms with Gasteiger partial charge in [0.05, 0.1) is 30.2 Å². The van der Waals surface area contributed by atoms with Crippen LogP contribution in [0.25, 0.3) is 0 Å². The third kappa shape index (κ3) is 2.90. The van der Waals surface area contributed by atoms with E-state index in [0.717, 1.165) is 0 Å². The zero-order valence-electron chi connectivity index (χ0n) is 14.0. The van der Waals surface area contributed by atoms with Crippen LogP contribution in [-0.2, 0) is 9.53 Å². The number of hydrogen-bond donors (Lipinski definition) is 2. The summed E-state index contributed by atoms with van der Waals surface area (Å²) < 4.78 is 4.89. The molecule has 1 aliphatic rings. The van der Waals surface area contributed by atoms with E-state index >= 15 is 0 Å². The van der Waals surface area contributed by atoms with Crippen LogP contribution in [0.1, 0.15) is 25.3 Å². The number of benzene rings is 1. The Morgan fingerprint density at radius 3 is 2.62 bits per heavy atom. The van der Waals surface area contributed by atoms with E-state index in [1.54, 1.807) is 37.9 Å². The summed E-state index contributed by atoms with van der Waals surface area (Å²) in [7, 11) is 3.05. The first-order chi connectivity index (χ1) is 11.3. The molecule has 2 atom stereocenters. The lowest BCUT2D eigenvalue weighted by Crippen LogP contribution is -2.99. The van der Waals surface area contributed by atoms with Gasteiger partial charge in [-0.25, -0.2) is 10.0 Å². The van der Waals surface area contributed by atoms with E-state index in [2.05, 4.69) is 6.07 Å². The molecule has 1 aromatic rings. The highest BCUT2D eigenvalue weighted by Gasteiger charge is 2.36. The number of hydrogen-bond acceptors (Lipinski definition) is 6. The summed E-state index contributed by atoms with van der Waals surface area (Å²) >= 11 is 0. The number of methoxy groups -OCH3 is 1. The van der Waals surface area contributed by atoms with Crippen molar-refractivity contribution in [2.45, 2.75) is 19.8 Å². The van der Waals surface area contributed by atoms with Crippen LogP contribution >= 0.6 is 0 Å². The summed E-state index contributed by atoms with van der Waals surface area (Å²) in [6, 6.07) is 8.43. The SMILES string of the molecule is COC(=O)C1=C(C)N(C)C(C)=C(C#N)[C@@H]1c1cccc([NH+]([O-])O)c1. The van der Waals surface area contributed by atoms with Crippen molar-refractivity contribution in [3.8, 4) is 6.07 Å². The molecule has 0 saturated heterocycles. The molecule has 0 radical (unpaired) electrons. The van der Waals surface area contributed by atoms with Crippen molar-refractivity contribution >= 4 is 11.7 Å². The molecule has 7 heteroatoms. The summed E-state index contributed by atoms with van der Waals surface area (Å²) in [6.07, 6.45) is 0. The topological polar surface area (TPSA) is 101 Å². The van der Waals surface area contributed by atoms with Crippen LogP contribution in [0, 0.1) is 16.5 Å². The molecule has 0 amide bonds. The second-order valence-electron chi connectivity index (χ2n) is 5.52. The summed E-state index contributed by atoms with van der Waals surface area (Å²) in [5.41, 5.74) is 2.79. The maximum absolute atomic E-state index is 12.3. The molecule has 1 aliphatic heterocycles. The molecule has 7 nitrogen and oxygen atoms in total. The van der Waals surface area contributed by atoms with Crippen molar-refractivity contribution in [3.05, 3.63) is 57.6 Å². The van der Waals surface area contributed by atoms with Gasteiger partial charge in [0.2, 0.25) is 0 Å². The van der Waals surface area contributed by atoms with Crippen molar-refractivity contribution in [2.24, 2.45) is 0 Å². The third-order valence-corrected chi connectivity index (χ3v) is 4.36. The molecule has 0 spiro atoms. The van der Waals surface area contributed by atoms with Gasteiger partial charge in [0, 0.05) is 30.6 Å². The van der Waals surface area contributed by atoms with Crippen LogP contribution in [-0.4, -0.2) is 30.2 Å². The monoisotopic (exact) mass is 329 g/mol. The van der Waals surface area contributed by atoms with E-state index in [1.807, 2.05) is 0 Å². The highest BCUT2D eigenvalue weighted by molar-refractivity contribution is 5.93.